The summed E-state index contributed by atoms with van der Waals surface area (Å²) in [5, 5.41) is 4.54. The normalized spacial score (nSPS) is 15.3. The molecule has 1 saturated heterocycles. The number of hydrogen-bond donors (Lipinski definition) is 1. The average molecular weight is 369 g/mol. The van der Waals surface area contributed by atoms with Gasteiger partial charge in [0.15, 0.2) is 6.67 Å². The molecule has 2 N–H and O–H groups in total. The molecule has 6 nitrogen and oxygen atoms in total. The number of para-hydroxylation sites is 1. The number of nitrogens with zero attached hydrogens (tertiary/aromatic N) is 4. The van der Waals surface area contributed by atoms with Crippen LogP contribution in [0, 0.1) is 11.7 Å². The molecule has 1 aromatic carbocycles. The monoisotopic (exact) mass is 368 g/mol. The van der Waals surface area contributed by atoms with Crippen molar-refractivity contribution in [3.05, 3.63) is 65.3 Å². The highest BCUT2D eigenvalue weighted by Crippen LogP contribution is 2.13. The molecule has 0 bridgehead atoms. The summed E-state index contributed by atoms with van der Waals surface area (Å²) >= 11 is 5.67. The van der Waals surface area contributed by atoms with Crippen LogP contribution < -0.4 is 14.8 Å². The predicted octanol–water partition coefficient (Wildman–Crippen LogP) is 0.888. The summed E-state index contributed by atoms with van der Waals surface area (Å²) in [6, 6.07) is 14.5. The number of rotatable bonds is 4. The molecule has 3 aromatic rings. The zero-order chi connectivity index (χ0) is 17.9. The Bertz CT molecular complexity index is 924. The lowest BCUT2D eigenvalue weighted by atomic mass is 10.2. The molecule has 1 aliphatic rings. The molecule has 134 valence electrons. The second kappa shape index (κ2) is 7.39. The first kappa shape index (κ1) is 16.9. The van der Waals surface area contributed by atoms with Gasteiger partial charge in [-0.1, -0.05) is 24.3 Å². The molecular weight excluding hydrogens is 344 g/mol. The quantitative estimate of drug-likeness (QED) is 0.696. The lowest BCUT2D eigenvalue weighted by Gasteiger charge is -2.27. The van der Waals surface area contributed by atoms with Gasteiger partial charge in [-0.2, -0.15) is 9.78 Å². The van der Waals surface area contributed by atoms with Crippen LogP contribution in [-0.2, 0) is 6.67 Å². The number of hydrogen-bond acceptors (Lipinski definition) is 3. The molecule has 0 radical (unpaired) electrons. The van der Waals surface area contributed by atoms with Gasteiger partial charge in [0.2, 0.25) is 4.77 Å². The number of aromatic nitrogens is 4. The molecular formula is C19H24N6S+2. The van der Waals surface area contributed by atoms with E-state index in [-0.39, 0.29) is 0 Å². The number of piperazine rings is 1. The van der Waals surface area contributed by atoms with Crippen molar-refractivity contribution in [2.24, 2.45) is 0 Å². The Balaban J connectivity index is 1.43. The Morgan fingerprint density at radius 2 is 1.88 bits per heavy atom. The highest BCUT2D eigenvalue weighted by molar-refractivity contribution is 7.71. The number of aryl methyl sites for hydroxylation is 1. The third-order valence-electron chi connectivity index (χ3n) is 4.99. The van der Waals surface area contributed by atoms with E-state index in [0.29, 0.717) is 0 Å². The van der Waals surface area contributed by atoms with Gasteiger partial charge in [0.05, 0.1) is 11.9 Å². The minimum Gasteiger partial charge on any atom is -0.310 e. The van der Waals surface area contributed by atoms with Gasteiger partial charge in [0.1, 0.15) is 32.5 Å². The first-order valence-electron chi connectivity index (χ1n) is 8.98. The van der Waals surface area contributed by atoms with Gasteiger partial charge in [0, 0.05) is 6.07 Å². The Hall–Kier alpha value is -2.51. The third kappa shape index (κ3) is 3.40. The molecule has 3 heterocycles. The number of benzene rings is 1. The van der Waals surface area contributed by atoms with E-state index in [0.717, 1.165) is 43.3 Å². The van der Waals surface area contributed by atoms with Crippen LogP contribution in [0.1, 0.15) is 5.56 Å². The summed E-state index contributed by atoms with van der Waals surface area (Å²) in [6.07, 6.45) is 3.81. The molecule has 0 aliphatic carbocycles. The Labute approximate surface area is 158 Å². The SMILES string of the molecule is Cc1ccccc1-n1cnn(C[NH+]2CCN(c3cccc[nH+]3)CC2)c1=S. The second-order valence-corrected chi connectivity index (χ2v) is 7.08. The van der Waals surface area contributed by atoms with Crippen LogP contribution in [0.3, 0.4) is 0 Å². The minimum atomic E-state index is 0.755. The summed E-state index contributed by atoms with van der Waals surface area (Å²) in [7, 11) is 0. The molecule has 0 atom stereocenters. The number of anilines is 1. The van der Waals surface area contributed by atoms with Gasteiger partial charge < -0.3 is 4.90 Å². The van der Waals surface area contributed by atoms with Gasteiger partial charge in [-0.25, -0.2) is 4.98 Å². The summed E-state index contributed by atoms with van der Waals surface area (Å²) in [5.41, 5.74) is 2.30. The van der Waals surface area contributed by atoms with E-state index in [1.54, 1.807) is 0 Å². The molecule has 0 unspecified atom stereocenters. The van der Waals surface area contributed by atoms with Crippen molar-refractivity contribution in [2.45, 2.75) is 13.6 Å². The van der Waals surface area contributed by atoms with Crippen LogP contribution in [0.5, 0.6) is 0 Å². The standard InChI is InChI=1S/C19H22N6S/c1-16-6-2-3-7-17(16)24-14-21-25(19(24)26)15-22-10-12-23(13-11-22)18-8-4-5-9-20-18/h2-9,14H,10-13,15H2,1H3/p+2. The number of H-pyrrole nitrogens is 1. The zero-order valence-corrected chi connectivity index (χ0v) is 15.7. The highest BCUT2D eigenvalue weighted by atomic mass is 32.1. The second-order valence-electron chi connectivity index (χ2n) is 6.71. The fourth-order valence-corrected chi connectivity index (χ4v) is 3.72. The maximum Gasteiger partial charge on any atom is 0.274 e. The number of quaternary nitrogens is 1. The van der Waals surface area contributed by atoms with E-state index in [1.165, 1.54) is 16.3 Å². The lowest BCUT2D eigenvalue weighted by Crippen LogP contribution is -3.14. The highest BCUT2D eigenvalue weighted by Gasteiger charge is 2.26. The van der Waals surface area contributed by atoms with Crippen molar-refractivity contribution in [3.63, 3.8) is 0 Å². The van der Waals surface area contributed by atoms with Gasteiger partial charge in [0.25, 0.3) is 5.82 Å². The molecule has 0 saturated carbocycles. The van der Waals surface area contributed by atoms with Crippen molar-refractivity contribution in [3.8, 4) is 5.69 Å². The fourth-order valence-electron chi connectivity index (χ4n) is 3.46. The average Bonchev–Trinajstić information content (AvgIpc) is 3.04. The molecule has 1 aliphatic heterocycles. The fraction of sp³-hybridized carbons (Fsp3) is 0.316. The Morgan fingerprint density at radius 1 is 1.12 bits per heavy atom. The van der Waals surface area contributed by atoms with Gasteiger partial charge >= 0.3 is 0 Å². The minimum absolute atomic E-state index is 0.755. The number of pyridine rings is 1. The third-order valence-corrected chi connectivity index (χ3v) is 5.39. The molecule has 4 rings (SSSR count). The van der Waals surface area contributed by atoms with Gasteiger partial charge in [-0.3, -0.25) is 9.47 Å². The van der Waals surface area contributed by atoms with Crippen LogP contribution in [0.2, 0.25) is 0 Å². The topological polar surface area (TPSA) is 44.6 Å². The Morgan fingerprint density at radius 3 is 2.62 bits per heavy atom. The molecule has 26 heavy (non-hydrogen) atoms. The summed E-state index contributed by atoms with van der Waals surface area (Å²) in [6.45, 7) is 7.11. The van der Waals surface area contributed by atoms with Crippen LogP contribution in [0.4, 0.5) is 5.82 Å². The molecule has 0 spiro atoms. The van der Waals surface area contributed by atoms with Crippen molar-refractivity contribution in [2.75, 3.05) is 31.1 Å². The van der Waals surface area contributed by atoms with E-state index in [2.05, 4.69) is 46.2 Å². The molecule has 1 fully saturated rings. The van der Waals surface area contributed by atoms with Crippen molar-refractivity contribution in [1.29, 1.82) is 0 Å². The van der Waals surface area contributed by atoms with E-state index >= 15 is 0 Å². The number of aromatic amines is 1. The van der Waals surface area contributed by atoms with Crippen molar-refractivity contribution in [1.82, 2.24) is 14.3 Å². The van der Waals surface area contributed by atoms with Crippen LogP contribution in [0.25, 0.3) is 5.69 Å². The smallest absolute Gasteiger partial charge is 0.274 e. The van der Waals surface area contributed by atoms with Crippen LogP contribution in [-0.4, -0.2) is 40.5 Å². The van der Waals surface area contributed by atoms with Crippen molar-refractivity contribution < 1.29 is 9.88 Å². The predicted molar refractivity (Wildman–Crippen MR) is 103 cm³/mol. The maximum absolute atomic E-state index is 5.67. The zero-order valence-electron chi connectivity index (χ0n) is 14.9. The maximum atomic E-state index is 5.67. The molecule has 0 amide bonds. The molecule has 7 heteroatoms. The van der Waals surface area contributed by atoms with Gasteiger partial charge in [-0.15, -0.1) is 0 Å². The van der Waals surface area contributed by atoms with Crippen LogP contribution in [0.15, 0.2) is 55.0 Å². The first-order chi connectivity index (χ1) is 12.7. The summed E-state index contributed by atoms with van der Waals surface area (Å²) < 4.78 is 4.70. The summed E-state index contributed by atoms with van der Waals surface area (Å²) in [4.78, 5) is 7.22. The van der Waals surface area contributed by atoms with Crippen molar-refractivity contribution >= 4 is 18.0 Å². The number of nitrogens with one attached hydrogen (secondary N) is 2. The lowest BCUT2D eigenvalue weighted by molar-refractivity contribution is -0.924. The Kier molecular flexibility index (Phi) is 4.81. The largest absolute Gasteiger partial charge is 0.310 e. The summed E-state index contributed by atoms with van der Waals surface area (Å²) in [5.74, 6) is 1.19. The van der Waals surface area contributed by atoms with E-state index in [4.69, 9.17) is 12.2 Å². The van der Waals surface area contributed by atoms with Crippen LogP contribution >= 0.6 is 12.2 Å². The van der Waals surface area contributed by atoms with Gasteiger partial charge in [-0.05, 0) is 36.8 Å². The van der Waals surface area contributed by atoms with E-state index in [9.17, 15) is 0 Å². The van der Waals surface area contributed by atoms with E-state index in [1.807, 2.05) is 40.0 Å². The molecule has 2 aromatic heterocycles. The van der Waals surface area contributed by atoms with E-state index < -0.39 is 0 Å². The first-order valence-corrected chi connectivity index (χ1v) is 9.39.